The minimum atomic E-state index is 0.0428. The van der Waals surface area contributed by atoms with Gasteiger partial charge in [-0.05, 0) is 29.5 Å². The highest BCUT2D eigenvalue weighted by molar-refractivity contribution is 7.98. The molecule has 1 aromatic heterocycles. The van der Waals surface area contributed by atoms with Gasteiger partial charge >= 0.3 is 0 Å². The van der Waals surface area contributed by atoms with Gasteiger partial charge in [-0.25, -0.2) is 4.68 Å². The molecule has 126 valence electrons. The Hall–Kier alpha value is -2.53. The number of aromatic nitrogens is 2. The van der Waals surface area contributed by atoms with E-state index in [-0.39, 0.29) is 11.8 Å². The lowest BCUT2D eigenvalue weighted by Gasteiger charge is -2.24. The van der Waals surface area contributed by atoms with Gasteiger partial charge in [0.25, 0.3) is 0 Å². The van der Waals surface area contributed by atoms with E-state index in [0.29, 0.717) is 13.0 Å². The van der Waals surface area contributed by atoms with Crippen molar-refractivity contribution in [1.29, 1.82) is 0 Å². The lowest BCUT2D eigenvalue weighted by atomic mass is 9.87. The summed E-state index contributed by atoms with van der Waals surface area (Å²) < 4.78 is 1.88. The summed E-state index contributed by atoms with van der Waals surface area (Å²) in [5, 5.41) is 7.54. The average molecular weight is 349 g/mol. The molecule has 2 aromatic carbocycles. The summed E-state index contributed by atoms with van der Waals surface area (Å²) in [5.41, 5.74) is 3.41. The molecule has 4 rings (SSSR count). The minimum Gasteiger partial charge on any atom is -0.311 e. The molecule has 2 heterocycles. The lowest BCUT2D eigenvalue weighted by Crippen LogP contribution is -2.25. The summed E-state index contributed by atoms with van der Waals surface area (Å²) in [5.74, 6) is 0.921. The normalized spacial score (nSPS) is 16.4. The van der Waals surface area contributed by atoms with Gasteiger partial charge in [0.2, 0.25) is 5.91 Å². The number of carbonyl (C=O) groups excluding carboxylic acids is 1. The molecule has 0 radical (unpaired) electrons. The number of rotatable bonds is 4. The second-order valence-corrected chi connectivity index (χ2v) is 7.05. The molecule has 1 N–H and O–H groups in total. The van der Waals surface area contributed by atoms with Crippen LogP contribution in [0.1, 0.15) is 29.0 Å². The van der Waals surface area contributed by atoms with Crippen molar-refractivity contribution in [2.75, 3.05) is 11.6 Å². The molecule has 1 aliphatic rings. The largest absolute Gasteiger partial charge is 0.311 e. The summed E-state index contributed by atoms with van der Waals surface area (Å²) in [7, 11) is 0. The Morgan fingerprint density at radius 3 is 2.64 bits per heavy atom. The maximum absolute atomic E-state index is 12.3. The Morgan fingerprint density at radius 1 is 1.16 bits per heavy atom. The number of nitrogens with zero attached hydrogens (tertiary/aromatic N) is 2. The number of benzene rings is 2. The Bertz CT molecular complexity index is 887. The zero-order chi connectivity index (χ0) is 17.2. The highest BCUT2D eigenvalue weighted by atomic mass is 32.2. The number of anilines is 1. The van der Waals surface area contributed by atoms with E-state index in [2.05, 4.69) is 53.1 Å². The number of thioether (sulfide) groups is 1. The van der Waals surface area contributed by atoms with Gasteiger partial charge in [0.1, 0.15) is 5.82 Å². The van der Waals surface area contributed by atoms with E-state index in [0.717, 1.165) is 22.5 Å². The molecule has 0 aliphatic carbocycles. The Labute approximate surface area is 151 Å². The van der Waals surface area contributed by atoms with Crippen LogP contribution >= 0.6 is 11.8 Å². The molecule has 0 unspecified atom stereocenters. The van der Waals surface area contributed by atoms with Crippen molar-refractivity contribution in [3.8, 4) is 0 Å². The van der Waals surface area contributed by atoms with Crippen LogP contribution in [0.4, 0.5) is 5.82 Å². The number of hydrogen-bond donors (Lipinski definition) is 1. The zero-order valence-electron chi connectivity index (χ0n) is 14.0. The molecule has 3 aromatic rings. The molecule has 1 amide bonds. The molecule has 1 aliphatic heterocycles. The van der Waals surface area contributed by atoms with Crippen molar-refractivity contribution < 1.29 is 4.79 Å². The highest BCUT2D eigenvalue weighted by Crippen LogP contribution is 2.37. The topological polar surface area (TPSA) is 46.9 Å². The fourth-order valence-electron chi connectivity index (χ4n) is 3.28. The average Bonchev–Trinajstić information content (AvgIpc) is 3.04. The van der Waals surface area contributed by atoms with Crippen LogP contribution in [0.2, 0.25) is 0 Å². The third-order valence-corrected chi connectivity index (χ3v) is 5.33. The Kier molecular flexibility index (Phi) is 4.32. The number of nitrogens with one attached hydrogen (secondary N) is 1. The van der Waals surface area contributed by atoms with Gasteiger partial charge in [-0.1, -0.05) is 42.5 Å². The van der Waals surface area contributed by atoms with Gasteiger partial charge in [-0.2, -0.15) is 5.10 Å². The third kappa shape index (κ3) is 3.20. The van der Waals surface area contributed by atoms with Crippen molar-refractivity contribution in [1.82, 2.24) is 9.78 Å². The van der Waals surface area contributed by atoms with Crippen LogP contribution in [0.25, 0.3) is 0 Å². The van der Waals surface area contributed by atoms with Crippen LogP contribution < -0.4 is 5.32 Å². The van der Waals surface area contributed by atoms with E-state index in [9.17, 15) is 4.79 Å². The fraction of sp³-hybridized carbons (Fsp3) is 0.200. The fourth-order valence-corrected chi connectivity index (χ4v) is 3.69. The summed E-state index contributed by atoms with van der Waals surface area (Å²) in [6.45, 7) is 0.647. The first-order valence-corrected chi connectivity index (χ1v) is 9.50. The first kappa shape index (κ1) is 16.0. The second kappa shape index (κ2) is 6.76. The van der Waals surface area contributed by atoms with E-state index in [1.165, 1.54) is 4.90 Å². The first-order valence-electron chi connectivity index (χ1n) is 8.28. The lowest BCUT2D eigenvalue weighted by molar-refractivity contribution is -0.116. The van der Waals surface area contributed by atoms with Crippen molar-refractivity contribution in [3.63, 3.8) is 0 Å². The van der Waals surface area contributed by atoms with Crippen molar-refractivity contribution in [2.45, 2.75) is 23.8 Å². The molecule has 0 saturated heterocycles. The van der Waals surface area contributed by atoms with Gasteiger partial charge in [0.05, 0.1) is 12.7 Å². The Balaban J connectivity index is 1.68. The molecular formula is C20H19N3OS. The van der Waals surface area contributed by atoms with Crippen molar-refractivity contribution in [3.05, 3.63) is 77.5 Å². The molecule has 0 fully saturated rings. The van der Waals surface area contributed by atoms with E-state index in [1.54, 1.807) is 11.8 Å². The highest BCUT2D eigenvalue weighted by Gasteiger charge is 2.29. The number of hydrogen-bond acceptors (Lipinski definition) is 3. The Morgan fingerprint density at radius 2 is 1.92 bits per heavy atom. The first-order chi connectivity index (χ1) is 12.2. The standard InChI is InChI=1S/C20H19N3OS/c1-25-16-9-7-15(8-10-16)17-11-19(24)22-20-18(17)12-21-23(20)13-14-5-3-2-4-6-14/h2-10,12,17H,11,13H2,1H3,(H,22,24)/t17-/m0/s1. The molecular weight excluding hydrogens is 330 g/mol. The minimum absolute atomic E-state index is 0.0428. The van der Waals surface area contributed by atoms with Crippen LogP contribution in [-0.4, -0.2) is 21.9 Å². The molecule has 0 saturated carbocycles. The van der Waals surface area contributed by atoms with Crippen molar-refractivity contribution >= 4 is 23.5 Å². The molecule has 25 heavy (non-hydrogen) atoms. The molecule has 1 atom stereocenters. The maximum Gasteiger partial charge on any atom is 0.226 e. The quantitative estimate of drug-likeness (QED) is 0.721. The number of amides is 1. The number of carbonyl (C=O) groups is 1. The van der Waals surface area contributed by atoms with Crippen molar-refractivity contribution in [2.24, 2.45) is 0 Å². The molecule has 4 nitrogen and oxygen atoms in total. The summed E-state index contributed by atoms with van der Waals surface area (Å²) >= 11 is 1.72. The van der Waals surface area contributed by atoms with Gasteiger partial charge < -0.3 is 5.32 Å². The van der Waals surface area contributed by atoms with Crippen LogP contribution in [0.3, 0.4) is 0 Å². The van der Waals surface area contributed by atoms with Gasteiger partial charge in [-0.15, -0.1) is 11.8 Å². The van der Waals surface area contributed by atoms with E-state index >= 15 is 0 Å². The van der Waals surface area contributed by atoms with Gasteiger partial charge in [0, 0.05) is 22.8 Å². The van der Waals surface area contributed by atoms with E-state index in [4.69, 9.17) is 0 Å². The van der Waals surface area contributed by atoms with Crippen LogP contribution in [0.5, 0.6) is 0 Å². The van der Waals surface area contributed by atoms with E-state index in [1.807, 2.05) is 29.1 Å². The molecule has 5 heteroatoms. The molecule has 0 bridgehead atoms. The smallest absolute Gasteiger partial charge is 0.226 e. The van der Waals surface area contributed by atoms with Crippen LogP contribution in [0, 0.1) is 0 Å². The monoisotopic (exact) mass is 349 g/mol. The predicted octanol–water partition coefficient (Wildman–Crippen LogP) is 4.13. The summed E-state index contributed by atoms with van der Waals surface area (Å²) in [6, 6.07) is 18.6. The van der Waals surface area contributed by atoms with Gasteiger partial charge in [-0.3, -0.25) is 4.79 Å². The number of fused-ring (bicyclic) bond motifs is 1. The second-order valence-electron chi connectivity index (χ2n) is 6.17. The van der Waals surface area contributed by atoms with Crippen LogP contribution in [-0.2, 0) is 11.3 Å². The van der Waals surface area contributed by atoms with E-state index < -0.39 is 0 Å². The third-order valence-electron chi connectivity index (χ3n) is 4.58. The maximum atomic E-state index is 12.3. The van der Waals surface area contributed by atoms with Crippen LogP contribution in [0.15, 0.2) is 65.7 Å². The summed E-state index contributed by atoms with van der Waals surface area (Å²) in [6.07, 6.45) is 4.42. The van der Waals surface area contributed by atoms with Gasteiger partial charge in [0.15, 0.2) is 0 Å². The predicted molar refractivity (Wildman–Crippen MR) is 101 cm³/mol. The SMILES string of the molecule is CSc1ccc([C@@H]2CC(=O)Nc3c2cnn3Cc2ccccc2)cc1. The molecule has 0 spiro atoms. The summed E-state index contributed by atoms with van der Waals surface area (Å²) in [4.78, 5) is 13.5. The zero-order valence-corrected chi connectivity index (χ0v) is 14.8.